The van der Waals surface area contributed by atoms with Crippen LogP contribution in [0.15, 0.2) is 107 Å². The van der Waals surface area contributed by atoms with Crippen molar-refractivity contribution in [1.82, 2.24) is 109 Å². The number of aryl methyl sites for hydroxylation is 3. The molecular weight excluding hydrogens is 2220 g/mol. The van der Waals surface area contributed by atoms with E-state index in [0.717, 1.165) is 60.3 Å². The van der Waals surface area contributed by atoms with Crippen molar-refractivity contribution in [2.24, 2.45) is 37.2 Å². The Hall–Kier alpha value is -8.36. The molecule has 10 aliphatic heterocycles. The van der Waals surface area contributed by atoms with Crippen LogP contribution in [-0.2, 0) is 75.8 Å². The number of aliphatic hydroxyl groups excluding tert-OH is 1. The quantitative estimate of drug-likeness (QED) is 0.00429. The number of hydrogen-bond donors (Lipinski definition) is 18. The molecule has 0 aromatic carbocycles. The van der Waals surface area contributed by atoms with Gasteiger partial charge in [-0.15, -0.1) is 79.7 Å². The van der Waals surface area contributed by atoms with Crippen LogP contribution >= 0.6 is 152 Å². The molecule has 10 aliphatic rings. The van der Waals surface area contributed by atoms with E-state index in [1.165, 1.54) is 137 Å². The first-order chi connectivity index (χ1) is 69.3. The van der Waals surface area contributed by atoms with Crippen molar-refractivity contribution in [3.63, 3.8) is 0 Å². The van der Waals surface area contributed by atoms with Crippen molar-refractivity contribution < 1.29 is 132 Å². The number of amides is 8. The van der Waals surface area contributed by atoms with E-state index in [4.69, 9.17) is 10.5 Å². The van der Waals surface area contributed by atoms with Crippen LogP contribution in [0, 0.1) is 25.2 Å². The second-order valence-corrected chi connectivity index (χ2v) is 48.6. The first-order valence-electron chi connectivity index (χ1n) is 44.7. The van der Waals surface area contributed by atoms with Crippen molar-refractivity contribution in [2.45, 2.75) is 228 Å². The first kappa shape index (κ1) is 127. The third-order valence-corrected chi connectivity index (χ3v) is 34.3. The fraction of sp³-hybridized carbons (Fsp3) is 0.573. The maximum Gasteiger partial charge on any atom is 1.00 e. The second-order valence-electron chi connectivity index (χ2n) is 34.2. The summed E-state index contributed by atoms with van der Waals surface area (Å²) in [6, 6.07) is 1.03. The summed E-state index contributed by atoms with van der Waals surface area (Å²) in [4.78, 5) is 206. The Morgan fingerprint density at radius 1 is 0.520 bits per heavy atom. The van der Waals surface area contributed by atoms with Gasteiger partial charge in [0.1, 0.15) is 62.4 Å². The third-order valence-electron chi connectivity index (χ3n) is 19.5. The van der Waals surface area contributed by atoms with Crippen molar-refractivity contribution in [2.75, 3.05) is 69.0 Å². The van der Waals surface area contributed by atoms with Gasteiger partial charge in [0, 0.05) is 117 Å². The molecule has 12 heterocycles. The summed E-state index contributed by atoms with van der Waals surface area (Å²) in [6.07, 6.45) is -1.22. The number of hydrogen-bond acceptors (Lipinski definition) is 46. The van der Waals surface area contributed by atoms with Gasteiger partial charge < -0.3 is 72.2 Å². The molecule has 12 rings (SSSR count). The van der Waals surface area contributed by atoms with Gasteiger partial charge in [-0.05, 0) is 153 Å². The zero-order valence-electron chi connectivity index (χ0n) is 83.9. The average molecular weight is 2330 g/mol. The van der Waals surface area contributed by atoms with Gasteiger partial charge >= 0.3 is 69.8 Å². The van der Waals surface area contributed by atoms with E-state index in [-0.39, 0.29) is 169 Å². The number of amidine groups is 6. The molecule has 9 unspecified atom stereocenters. The smallest absolute Gasteiger partial charge is 0.765 e. The van der Waals surface area contributed by atoms with Crippen LogP contribution in [0.3, 0.4) is 0 Å². The number of thiazole rings is 1. The number of hydrazine groups is 4. The Bertz CT molecular complexity index is 5790. The molecule has 0 aliphatic carbocycles. The van der Waals surface area contributed by atoms with Crippen LogP contribution in [0.5, 0.6) is 0 Å². The van der Waals surface area contributed by atoms with Gasteiger partial charge in [0.2, 0.25) is 33.9 Å². The number of aromatic nitrogens is 4. The van der Waals surface area contributed by atoms with Crippen LogP contribution in [-0.4, -0.2) is 353 Å². The van der Waals surface area contributed by atoms with E-state index in [1.807, 2.05) is 111 Å². The molecular formula is C82H117N28NaO23S14. The number of carboxylic acids is 4. The van der Waals surface area contributed by atoms with E-state index < -0.39 is 121 Å². The molecule has 9 atom stereocenters. The number of rotatable bonds is 34. The molecule has 8 amide bonds. The number of carbonyl (C=O) groups is 12. The van der Waals surface area contributed by atoms with E-state index in [9.17, 15) is 101 Å². The number of thioether (sulfide) groups is 12. The summed E-state index contributed by atoms with van der Waals surface area (Å²) in [5.74, 6) is -5.13. The molecule has 2 aromatic heterocycles. The monoisotopic (exact) mass is 2330 g/mol. The number of carbonyl (C=O) groups excluding carboxylic acids is 8. The van der Waals surface area contributed by atoms with E-state index in [0.29, 0.717) is 82.8 Å². The van der Waals surface area contributed by atoms with Crippen LogP contribution in [0.25, 0.3) is 0 Å². The molecule has 4 saturated heterocycles. The van der Waals surface area contributed by atoms with Gasteiger partial charge in [0.25, 0.3) is 23.6 Å². The fourth-order valence-electron chi connectivity index (χ4n) is 13.3. The number of fused-ring (bicyclic) bond motifs is 4. The van der Waals surface area contributed by atoms with Crippen molar-refractivity contribution in [3.05, 3.63) is 88.8 Å². The Kier molecular flexibility index (Phi) is 51.1. The number of aromatic amines is 1. The van der Waals surface area contributed by atoms with Gasteiger partial charge in [0.05, 0.1) is 34.8 Å². The Morgan fingerprint density at radius 2 is 0.851 bits per heavy atom. The maximum absolute atomic E-state index is 12.9. The Balaban J connectivity index is 0.000000258. The molecule has 18 N–H and O–H groups in total. The number of aliphatic carboxylic acids is 4. The first-order valence-corrected chi connectivity index (χ1v) is 58.7. The number of nitriles is 1. The van der Waals surface area contributed by atoms with E-state index in [1.54, 1.807) is 11.3 Å². The minimum absolute atomic E-state index is 0. The summed E-state index contributed by atoms with van der Waals surface area (Å²) >= 11 is 13.9. The topological polar surface area (TPSA) is 706 Å². The fourth-order valence-corrected chi connectivity index (χ4v) is 28.1. The molecule has 66 heteroatoms. The summed E-state index contributed by atoms with van der Waals surface area (Å²) < 4.78 is 23.7. The number of hydrazone groups is 2. The summed E-state index contributed by atoms with van der Waals surface area (Å²) in [5, 5.41) is 98.8. The molecule has 0 spiro atoms. The van der Waals surface area contributed by atoms with Gasteiger partial charge in [-0.3, -0.25) is 102 Å². The standard InChI is InChI=1S/C22H31N5O4S4.C21H29N7O6S3.C20H30N8O6S3.C10H11N5O7S3.C9H17N3S.Na/c1-10(2)23-21(24-11(3)4)33-9-15(28)26-16-18(29)27-17(20(30)31)14(7-32-19(16)27)8-34-22-25-12(5)13(6)35-22;1-9(2)22-20(23-10(3)4)36-8-12(29)24-13-17(32)28-14(19(33)34)11(6-35-18(13)28)7-37-21-25-15(30)16(31)26-27(21)5;1-9(2)21-19(22-10(3)4)36-8-13(29)23-14-16(30)27-15(18(31)32)12(6-35-17(14)27)7-37-20-24-25-26-28(20)11(5)34-33;16-5-6(17)14-4(8(18)19)3(1-23-7(5)14)2-24-9-11-12-13-15(9)10(20)25(21)22;1-7(2)11-9(12-8(3)4)13-6-5-10;/h10-11,16,19H,7-9H2,1-6H3,(H,23,24)(H,26,28)(H,30,31);9-10,13,18H,6-8H2,1-5H3,(H,22,23)(H,24,29)(H,26,31)(H,33,34);9-10,14,17,25-26,33H,5-8H2,1-4H3,(H,21,22)(H,23,29)(H,31,32);5,7,12-13,16H,1-2H2,(H,18,19)(H,21,22);7-8H,6H2,1-4H3,(H,11,12);/q;;;;;+1/p-1. The summed E-state index contributed by atoms with van der Waals surface area (Å²) in [5.41, 5.74) is 10.4. The minimum Gasteiger partial charge on any atom is -0.765 e. The largest absolute Gasteiger partial charge is 1.00 e. The number of aliphatic hydroxyl groups is 1. The summed E-state index contributed by atoms with van der Waals surface area (Å²) in [6.45, 7) is 39.2. The summed E-state index contributed by atoms with van der Waals surface area (Å²) in [7, 11) is 1.51. The SMILES string of the molecule is C=C(OO)N1NNN=C1SCC1=C(C(=O)O)N2C(=O)C(NC(=O)CSC(=NC(C)C)NC(C)C)C2SC1.CC(C)N=C(NC(C)C)SCC#N.CC(C)N=C(NC(C)C)SCC(=O)NC1C(=O)N2C(C(=O)O)=C(CSc3nc(=O)c(=O)[nH]n3C)CSC12.Cc1nc(SCC2=C(C(=O)O)N3C(=O)C(NC(=O)CSC(=NC(C)C)NC(C)C)C3SC2)sc1C.O=C(O)C1=C(CSC2=NNNN2C(=O)S(=O)[O-])CSC2C(O)C(=O)N12.[Na+]. The molecule has 0 bridgehead atoms. The molecule has 0 radical (unpaired) electrons. The van der Waals surface area contributed by atoms with Gasteiger partial charge in [0.15, 0.2) is 36.3 Å². The van der Waals surface area contributed by atoms with Gasteiger partial charge in [-0.25, -0.2) is 40.5 Å². The van der Waals surface area contributed by atoms with Crippen LogP contribution in [0.4, 0.5) is 4.79 Å². The molecule has 148 heavy (non-hydrogen) atoms. The number of aliphatic imine (C=N–C) groups is 4. The number of nitrogens with zero attached hydrogens (tertiary/aromatic N) is 16. The van der Waals surface area contributed by atoms with Crippen molar-refractivity contribution in [3.8, 4) is 6.07 Å². The predicted octanol–water partition coefficient (Wildman–Crippen LogP) is 0.330. The maximum atomic E-state index is 12.9. The van der Waals surface area contributed by atoms with E-state index in [2.05, 4.69) is 136 Å². The Morgan fingerprint density at radius 3 is 1.18 bits per heavy atom. The normalized spacial score (nSPS) is 20.6. The Labute approximate surface area is 931 Å². The number of carboxylic acid groups (broad SMARTS) is 4. The van der Waals surface area contributed by atoms with Gasteiger partial charge in [-0.2, -0.15) is 20.3 Å². The zero-order chi connectivity index (χ0) is 109. The number of nitrogens with one attached hydrogen (secondary N) is 12. The second kappa shape index (κ2) is 59.8. The number of H-pyrrole nitrogens is 1. The molecule has 4 fully saturated rings. The third kappa shape index (κ3) is 35.6. The van der Waals surface area contributed by atoms with Crippen molar-refractivity contribution in [1.29, 1.82) is 5.26 Å². The average Bonchev–Trinajstić information content (AvgIpc) is 1.15. The molecule has 0 saturated carbocycles. The van der Waals surface area contributed by atoms with E-state index >= 15 is 0 Å². The number of β-lactam (4-membered cyclic amide) rings is 4. The molecule has 2 aromatic rings. The molecule has 808 valence electrons. The zero-order valence-corrected chi connectivity index (χ0v) is 97.4. The minimum atomic E-state index is -3.00. The molecule has 51 nitrogen and oxygen atoms in total. The van der Waals surface area contributed by atoms with Crippen LogP contribution < -0.4 is 100 Å². The van der Waals surface area contributed by atoms with Crippen LogP contribution in [0.1, 0.15) is 121 Å². The van der Waals surface area contributed by atoms with Crippen molar-refractivity contribution >= 4 is 265 Å². The predicted molar refractivity (Wildman–Crippen MR) is 578 cm³/mol. The van der Waals surface area contributed by atoms with Crippen LogP contribution in [0.2, 0.25) is 0 Å². The van der Waals surface area contributed by atoms with Gasteiger partial charge in [-0.1, -0.05) is 94.1 Å².